The van der Waals surface area contributed by atoms with Gasteiger partial charge in [0.2, 0.25) is 5.91 Å². The summed E-state index contributed by atoms with van der Waals surface area (Å²) >= 11 is 1.72. The number of nitrogens with two attached hydrogens (primary N) is 1. The molecule has 0 saturated carbocycles. The number of amides is 1. The molecule has 1 aromatic rings. The molecule has 0 bridgehead atoms. The van der Waals surface area contributed by atoms with E-state index in [4.69, 9.17) is 10.5 Å². The number of carbonyl (C=O) groups excluding carboxylic acids is 1. The first-order valence-corrected chi connectivity index (χ1v) is 7.70. The topological polar surface area (TPSA) is 55.6 Å². The number of hydrogen-bond donors (Lipinski definition) is 1. The Balaban J connectivity index is 1.94. The molecule has 106 valence electrons. The third-order valence-electron chi connectivity index (χ3n) is 3.59. The molecule has 5 heteroatoms. The van der Waals surface area contributed by atoms with Gasteiger partial charge in [0.15, 0.2) is 0 Å². The van der Waals surface area contributed by atoms with Crippen molar-refractivity contribution >= 4 is 17.2 Å². The standard InChI is InChI=1S/C14H22N2O2S/c1-18-9-3-5-11(15)14(17)16-8-2-6-12(16)13-7-4-10-19-13/h4,7,10-12H,2-3,5-6,8-9,15H2,1H3. The highest BCUT2D eigenvalue weighted by molar-refractivity contribution is 7.10. The maximum Gasteiger partial charge on any atom is 0.240 e. The van der Waals surface area contributed by atoms with E-state index >= 15 is 0 Å². The summed E-state index contributed by atoms with van der Waals surface area (Å²) in [4.78, 5) is 15.6. The van der Waals surface area contributed by atoms with Crippen LogP contribution in [0.1, 0.15) is 36.6 Å². The van der Waals surface area contributed by atoms with Crippen LogP contribution in [0.5, 0.6) is 0 Å². The molecule has 19 heavy (non-hydrogen) atoms. The monoisotopic (exact) mass is 282 g/mol. The Morgan fingerprint density at radius 3 is 3.21 bits per heavy atom. The number of carbonyl (C=O) groups is 1. The molecular formula is C14H22N2O2S. The molecule has 4 nitrogen and oxygen atoms in total. The van der Waals surface area contributed by atoms with Gasteiger partial charge in [-0.15, -0.1) is 11.3 Å². The zero-order valence-corrected chi connectivity index (χ0v) is 12.2. The van der Waals surface area contributed by atoms with Crippen LogP contribution in [0, 0.1) is 0 Å². The third kappa shape index (κ3) is 3.55. The highest BCUT2D eigenvalue weighted by atomic mass is 32.1. The van der Waals surface area contributed by atoms with Crippen molar-refractivity contribution in [1.29, 1.82) is 0 Å². The molecule has 1 aromatic heterocycles. The molecule has 1 aliphatic heterocycles. The first-order valence-electron chi connectivity index (χ1n) is 6.82. The van der Waals surface area contributed by atoms with Gasteiger partial charge in [0.1, 0.15) is 0 Å². The maximum atomic E-state index is 12.4. The van der Waals surface area contributed by atoms with Gasteiger partial charge in [-0.1, -0.05) is 6.07 Å². The second-order valence-corrected chi connectivity index (χ2v) is 5.93. The minimum Gasteiger partial charge on any atom is -0.385 e. The van der Waals surface area contributed by atoms with Crippen molar-refractivity contribution in [3.05, 3.63) is 22.4 Å². The number of ether oxygens (including phenoxy) is 1. The molecule has 1 aliphatic rings. The number of likely N-dealkylation sites (tertiary alicyclic amines) is 1. The molecule has 1 fully saturated rings. The van der Waals surface area contributed by atoms with E-state index in [1.807, 2.05) is 11.0 Å². The smallest absolute Gasteiger partial charge is 0.240 e. The Kier molecular flexibility index (Phi) is 5.36. The summed E-state index contributed by atoms with van der Waals surface area (Å²) in [7, 11) is 1.67. The highest BCUT2D eigenvalue weighted by Crippen LogP contribution is 2.34. The van der Waals surface area contributed by atoms with Crippen LogP contribution in [0.25, 0.3) is 0 Å². The first kappa shape index (κ1) is 14.5. The third-order valence-corrected chi connectivity index (χ3v) is 4.56. The summed E-state index contributed by atoms with van der Waals surface area (Å²) in [6.07, 6.45) is 3.65. The predicted octanol–water partition coefficient (Wildman–Crippen LogP) is 2.17. The van der Waals surface area contributed by atoms with Crippen LogP contribution in [0.4, 0.5) is 0 Å². The van der Waals surface area contributed by atoms with E-state index < -0.39 is 6.04 Å². The second kappa shape index (κ2) is 7.03. The molecule has 2 rings (SSSR count). The van der Waals surface area contributed by atoms with Gasteiger partial charge in [-0.2, -0.15) is 0 Å². The Morgan fingerprint density at radius 2 is 2.53 bits per heavy atom. The SMILES string of the molecule is COCCCC(N)C(=O)N1CCCC1c1cccs1. The van der Waals surface area contributed by atoms with E-state index in [0.717, 1.165) is 25.8 Å². The van der Waals surface area contributed by atoms with Crippen molar-refractivity contribution in [3.8, 4) is 0 Å². The number of rotatable bonds is 6. The fourth-order valence-corrected chi connectivity index (χ4v) is 3.46. The van der Waals surface area contributed by atoms with E-state index in [2.05, 4.69) is 11.4 Å². The predicted molar refractivity (Wildman–Crippen MR) is 77.1 cm³/mol. The summed E-state index contributed by atoms with van der Waals surface area (Å²) in [6, 6.07) is 3.99. The lowest BCUT2D eigenvalue weighted by Crippen LogP contribution is -2.43. The number of thiophene rings is 1. The highest BCUT2D eigenvalue weighted by Gasteiger charge is 2.32. The van der Waals surface area contributed by atoms with Gasteiger partial charge >= 0.3 is 0 Å². The van der Waals surface area contributed by atoms with E-state index in [1.54, 1.807) is 18.4 Å². The lowest BCUT2D eigenvalue weighted by molar-refractivity contribution is -0.133. The molecule has 1 amide bonds. The summed E-state index contributed by atoms with van der Waals surface area (Å²) < 4.78 is 5.00. The lowest BCUT2D eigenvalue weighted by Gasteiger charge is -2.26. The zero-order chi connectivity index (χ0) is 13.7. The van der Waals surface area contributed by atoms with Gasteiger partial charge in [0, 0.05) is 25.1 Å². The summed E-state index contributed by atoms with van der Waals surface area (Å²) in [5.74, 6) is 0.0898. The van der Waals surface area contributed by atoms with E-state index in [1.165, 1.54) is 4.88 Å². The van der Waals surface area contributed by atoms with Crippen molar-refractivity contribution in [2.24, 2.45) is 5.73 Å². The van der Waals surface area contributed by atoms with Gasteiger partial charge in [-0.25, -0.2) is 0 Å². The van der Waals surface area contributed by atoms with Crippen molar-refractivity contribution < 1.29 is 9.53 Å². The molecule has 0 aromatic carbocycles. The fourth-order valence-electron chi connectivity index (χ4n) is 2.59. The average Bonchev–Trinajstić information content (AvgIpc) is 3.08. The van der Waals surface area contributed by atoms with Gasteiger partial charge in [-0.3, -0.25) is 4.79 Å². The van der Waals surface area contributed by atoms with Crippen molar-refractivity contribution in [2.75, 3.05) is 20.3 Å². The van der Waals surface area contributed by atoms with Crippen LogP contribution in [0.2, 0.25) is 0 Å². The van der Waals surface area contributed by atoms with Crippen LogP contribution >= 0.6 is 11.3 Å². The van der Waals surface area contributed by atoms with Gasteiger partial charge in [0.05, 0.1) is 12.1 Å². The minimum atomic E-state index is -0.393. The van der Waals surface area contributed by atoms with Gasteiger partial charge in [-0.05, 0) is 37.1 Å². The normalized spacial score (nSPS) is 20.7. The number of hydrogen-bond acceptors (Lipinski definition) is 4. The van der Waals surface area contributed by atoms with Crippen molar-refractivity contribution in [2.45, 2.75) is 37.8 Å². The molecule has 2 unspecified atom stereocenters. The minimum absolute atomic E-state index is 0.0898. The van der Waals surface area contributed by atoms with Crippen LogP contribution < -0.4 is 5.73 Å². The van der Waals surface area contributed by atoms with Crippen molar-refractivity contribution in [3.63, 3.8) is 0 Å². The molecule has 1 saturated heterocycles. The molecule has 0 aliphatic carbocycles. The molecule has 0 spiro atoms. The molecule has 0 radical (unpaired) electrons. The second-order valence-electron chi connectivity index (χ2n) is 4.95. The van der Waals surface area contributed by atoms with Gasteiger partial charge < -0.3 is 15.4 Å². The van der Waals surface area contributed by atoms with E-state index in [9.17, 15) is 4.79 Å². The Labute approximate surface area is 118 Å². The molecule has 2 heterocycles. The van der Waals surface area contributed by atoms with Crippen molar-refractivity contribution in [1.82, 2.24) is 4.90 Å². The summed E-state index contributed by atoms with van der Waals surface area (Å²) in [5.41, 5.74) is 6.01. The average molecular weight is 282 g/mol. The zero-order valence-electron chi connectivity index (χ0n) is 11.4. The molecule has 2 atom stereocenters. The maximum absolute atomic E-state index is 12.4. The van der Waals surface area contributed by atoms with Crippen LogP contribution in [-0.2, 0) is 9.53 Å². The quantitative estimate of drug-likeness (QED) is 0.814. The van der Waals surface area contributed by atoms with Crippen LogP contribution in [0.15, 0.2) is 17.5 Å². The largest absolute Gasteiger partial charge is 0.385 e. The lowest BCUT2D eigenvalue weighted by atomic mass is 10.1. The van der Waals surface area contributed by atoms with E-state index in [-0.39, 0.29) is 11.9 Å². The Morgan fingerprint density at radius 1 is 1.68 bits per heavy atom. The Bertz CT molecular complexity index is 394. The fraction of sp³-hybridized carbons (Fsp3) is 0.643. The van der Waals surface area contributed by atoms with Gasteiger partial charge in [0.25, 0.3) is 0 Å². The Hall–Kier alpha value is -0.910. The first-order chi connectivity index (χ1) is 9.24. The number of methoxy groups -OCH3 is 1. The molecule has 2 N–H and O–H groups in total. The summed E-state index contributed by atoms with van der Waals surface area (Å²) in [5, 5.41) is 2.06. The van der Waals surface area contributed by atoms with Crippen LogP contribution in [-0.4, -0.2) is 37.1 Å². The molecular weight excluding hydrogens is 260 g/mol. The van der Waals surface area contributed by atoms with Crippen LogP contribution in [0.3, 0.4) is 0 Å². The summed E-state index contributed by atoms with van der Waals surface area (Å²) in [6.45, 7) is 1.49. The number of nitrogens with zero attached hydrogens (tertiary/aromatic N) is 1. The van der Waals surface area contributed by atoms with E-state index in [0.29, 0.717) is 13.0 Å².